The van der Waals surface area contributed by atoms with Crippen LogP contribution in [0.4, 0.5) is 5.69 Å². The Labute approximate surface area is 166 Å². The first-order valence-corrected chi connectivity index (χ1v) is 8.87. The third-order valence-electron chi connectivity index (χ3n) is 3.14. The van der Waals surface area contributed by atoms with Crippen molar-refractivity contribution in [3.8, 4) is 17.2 Å². The van der Waals surface area contributed by atoms with Crippen LogP contribution in [0.3, 0.4) is 0 Å². The minimum absolute atomic E-state index is 0.0201. The summed E-state index contributed by atoms with van der Waals surface area (Å²) in [5.74, 6) is 0.429. The lowest BCUT2D eigenvalue weighted by molar-refractivity contribution is 0.0974. The third-order valence-corrected chi connectivity index (χ3v) is 4.39. The number of methoxy groups -OCH3 is 2. The summed E-state index contributed by atoms with van der Waals surface area (Å²) < 4.78 is 11.7. The van der Waals surface area contributed by atoms with E-state index < -0.39 is 5.91 Å². The van der Waals surface area contributed by atoms with E-state index in [2.05, 4.69) is 42.5 Å². The number of carbonyl (C=O) groups excluding carboxylic acids is 1. The van der Waals surface area contributed by atoms with Gasteiger partial charge in [0, 0.05) is 10.5 Å². The molecule has 3 N–H and O–H groups in total. The molecule has 0 heterocycles. The van der Waals surface area contributed by atoms with Gasteiger partial charge < -0.3 is 19.9 Å². The van der Waals surface area contributed by atoms with E-state index in [4.69, 9.17) is 21.7 Å². The summed E-state index contributed by atoms with van der Waals surface area (Å²) in [6.45, 7) is 0. The highest BCUT2D eigenvalue weighted by atomic mass is 79.9. The number of rotatable bonds is 4. The molecule has 0 radical (unpaired) electrons. The first-order chi connectivity index (χ1) is 11.8. The van der Waals surface area contributed by atoms with Gasteiger partial charge in [0.15, 0.2) is 5.11 Å². The topological polar surface area (TPSA) is 79.8 Å². The highest BCUT2D eigenvalue weighted by Gasteiger charge is 2.18. The Morgan fingerprint density at radius 2 is 1.88 bits per heavy atom. The SMILES string of the molecule is COc1ccc(O)c(NC(=S)NC(=O)c2cc(Br)cc(Br)c2OC)c1. The van der Waals surface area contributed by atoms with Crippen LogP contribution in [0.1, 0.15) is 10.4 Å². The zero-order chi connectivity index (χ0) is 18.6. The van der Waals surface area contributed by atoms with Crippen LogP contribution in [0.25, 0.3) is 0 Å². The first kappa shape index (κ1) is 19.5. The molecule has 0 aliphatic rings. The Morgan fingerprint density at radius 3 is 2.52 bits per heavy atom. The van der Waals surface area contributed by atoms with Gasteiger partial charge in [0.25, 0.3) is 5.91 Å². The van der Waals surface area contributed by atoms with Gasteiger partial charge in [-0.15, -0.1) is 0 Å². The molecule has 25 heavy (non-hydrogen) atoms. The fourth-order valence-corrected chi connectivity index (χ4v) is 3.59. The highest BCUT2D eigenvalue weighted by molar-refractivity contribution is 9.11. The van der Waals surface area contributed by atoms with Crippen LogP contribution in [0.5, 0.6) is 17.2 Å². The summed E-state index contributed by atoms with van der Waals surface area (Å²) >= 11 is 11.8. The van der Waals surface area contributed by atoms with E-state index in [-0.39, 0.29) is 10.9 Å². The fraction of sp³-hybridized carbons (Fsp3) is 0.125. The largest absolute Gasteiger partial charge is 0.506 e. The van der Waals surface area contributed by atoms with Crippen LogP contribution < -0.4 is 20.1 Å². The first-order valence-electron chi connectivity index (χ1n) is 6.88. The van der Waals surface area contributed by atoms with Gasteiger partial charge in [0.05, 0.1) is 29.9 Å². The van der Waals surface area contributed by atoms with Crippen molar-refractivity contribution in [2.24, 2.45) is 0 Å². The number of ether oxygens (including phenoxy) is 2. The molecule has 2 aromatic carbocycles. The van der Waals surface area contributed by atoms with E-state index >= 15 is 0 Å². The smallest absolute Gasteiger partial charge is 0.261 e. The lowest BCUT2D eigenvalue weighted by Gasteiger charge is -2.14. The standard InChI is InChI=1S/C16H14Br2N2O4S/c1-23-9-3-4-13(21)12(7-9)19-16(25)20-15(22)10-5-8(17)6-11(18)14(10)24-2/h3-7,21H,1-2H3,(H2,19,20,22,25). The molecule has 0 saturated carbocycles. The van der Waals surface area contributed by atoms with E-state index in [9.17, 15) is 9.90 Å². The average molecular weight is 490 g/mol. The third kappa shape index (κ3) is 4.83. The summed E-state index contributed by atoms with van der Waals surface area (Å²) in [6.07, 6.45) is 0. The Balaban J connectivity index is 2.17. The van der Waals surface area contributed by atoms with Crippen molar-refractivity contribution in [1.82, 2.24) is 5.32 Å². The summed E-state index contributed by atoms with van der Waals surface area (Å²) in [7, 11) is 2.98. The number of aromatic hydroxyl groups is 1. The quantitative estimate of drug-likeness (QED) is 0.444. The maximum atomic E-state index is 12.5. The molecule has 9 heteroatoms. The van der Waals surface area contributed by atoms with Crippen LogP contribution in [-0.2, 0) is 0 Å². The van der Waals surface area contributed by atoms with E-state index in [0.717, 1.165) is 0 Å². The number of benzene rings is 2. The second kappa shape index (κ2) is 8.50. The molecule has 2 aromatic rings. The average Bonchev–Trinajstić information content (AvgIpc) is 2.56. The van der Waals surface area contributed by atoms with Crippen LogP contribution in [0.2, 0.25) is 0 Å². The van der Waals surface area contributed by atoms with E-state index in [1.165, 1.54) is 20.3 Å². The molecule has 0 aromatic heterocycles. The number of thiocarbonyl (C=S) groups is 1. The zero-order valence-corrected chi connectivity index (χ0v) is 17.2. The predicted octanol–water partition coefficient (Wildman–Crippen LogP) is 4.06. The molecule has 0 aliphatic carbocycles. The number of phenols is 1. The van der Waals surface area contributed by atoms with Crippen molar-refractivity contribution in [2.45, 2.75) is 0 Å². The van der Waals surface area contributed by atoms with Gasteiger partial charge >= 0.3 is 0 Å². The second-order valence-corrected chi connectivity index (χ2v) is 6.94. The maximum Gasteiger partial charge on any atom is 0.261 e. The van der Waals surface area contributed by atoms with Crippen LogP contribution in [0, 0.1) is 0 Å². The summed E-state index contributed by atoms with van der Waals surface area (Å²) in [5.41, 5.74) is 0.606. The number of hydrogen-bond acceptors (Lipinski definition) is 5. The van der Waals surface area contributed by atoms with Crippen LogP contribution >= 0.6 is 44.1 Å². The van der Waals surface area contributed by atoms with E-state index in [1.807, 2.05) is 0 Å². The lowest BCUT2D eigenvalue weighted by Crippen LogP contribution is -2.34. The van der Waals surface area contributed by atoms with Crippen molar-refractivity contribution in [3.05, 3.63) is 44.8 Å². The predicted molar refractivity (Wildman–Crippen MR) is 107 cm³/mol. The summed E-state index contributed by atoms with van der Waals surface area (Å²) in [4.78, 5) is 12.5. The number of amides is 1. The van der Waals surface area contributed by atoms with Gasteiger partial charge in [-0.3, -0.25) is 10.1 Å². The Hall–Kier alpha value is -1.84. The van der Waals surface area contributed by atoms with Gasteiger partial charge in [-0.25, -0.2) is 0 Å². The molecule has 6 nitrogen and oxygen atoms in total. The van der Waals surface area contributed by atoms with Crippen molar-refractivity contribution < 1.29 is 19.4 Å². The normalized spacial score (nSPS) is 10.1. The summed E-state index contributed by atoms with van der Waals surface area (Å²) in [5, 5.41) is 15.2. The Morgan fingerprint density at radius 1 is 1.16 bits per heavy atom. The van der Waals surface area contributed by atoms with E-state index in [1.54, 1.807) is 24.3 Å². The Kier molecular flexibility index (Phi) is 6.63. The van der Waals surface area contributed by atoms with Gasteiger partial charge in [-0.05, 0) is 52.4 Å². The van der Waals surface area contributed by atoms with Gasteiger partial charge in [-0.1, -0.05) is 15.9 Å². The monoisotopic (exact) mass is 488 g/mol. The van der Waals surface area contributed by atoms with Crippen molar-refractivity contribution in [3.63, 3.8) is 0 Å². The highest BCUT2D eigenvalue weighted by Crippen LogP contribution is 2.33. The van der Waals surface area contributed by atoms with Gasteiger partial charge in [0.1, 0.15) is 17.2 Å². The zero-order valence-electron chi connectivity index (χ0n) is 13.2. The number of halogens is 2. The molecule has 0 bridgehead atoms. The van der Waals surface area contributed by atoms with E-state index in [0.29, 0.717) is 31.7 Å². The van der Waals surface area contributed by atoms with Crippen molar-refractivity contribution in [1.29, 1.82) is 0 Å². The Bertz CT molecular complexity index is 830. The number of phenolic OH excluding ortho intramolecular Hbond substituents is 1. The van der Waals surface area contributed by atoms with Crippen molar-refractivity contribution >= 4 is 60.8 Å². The van der Waals surface area contributed by atoms with Crippen LogP contribution in [-0.4, -0.2) is 30.3 Å². The molecule has 0 saturated heterocycles. The van der Waals surface area contributed by atoms with Gasteiger partial charge in [-0.2, -0.15) is 0 Å². The van der Waals surface area contributed by atoms with Crippen LogP contribution in [0.15, 0.2) is 39.3 Å². The number of carbonyl (C=O) groups is 1. The molecule has 132 valence electrons. The maximum absolute atomic E-state index is 12.5. The molecule has 0 spiro atoms. The molecular weight excluding hydrogens is 476 g/mol. The molecule has 1 amide bonds. The minimum Gasteiger partial charge on any atom is -0.506 e. The molecule has 0 aliphatic heterocycles. The molecule has 0 unspecified atom stereocenters. The molecular formula is C16H14Br2N2O4S. The van der Waals surface area contributed by atoms with Gasteiger partial charge in [0.2, 0.25) is 0 Å². The summed E-state index contributed by atoms with van der Waals surface area (Å²) in [6, 6.07) is 8.00. The lowest BCUT2D eigenvalue weighted by atomic mass is 10.2. The molecule has 0 atom stereocenters. The molecule has 2 rings (SSSR count). The number of hydrogen-bond donors (Lipinski definition) is 3. The second-order valence-electron chi connectivity index (χ2n) is 4.76. The minimum atomic E-state index is -0.460. The molecule has 0 fully saturated rings. The number of nitrogens with one attached hydrogen (secondary N) is 2. The number of anilines is 1. The fourth-order valence-electron chi connectivity index (χ4n) is 2.00. The van der Waals surface area contributed by atoms with Crippen molar-refractivity contribution in [2.75, 3.05) is 19.5 Å².